The van der Waals surface area contributed by atoms with Gasteiger partial charge in [-0.05, 0) is 73.3 Å². The van der Waals surface area contributed by atoms with Gasteiger partial charge in [0.1, 0.15) is 0 Å². The second kappa shape index (κ2) is 5.20. The molecule has 0 unspecified atom stereocenters. The summed E-state index contributed by atoms with van der Waals surface area (Å²) in [5, 5.41) is 12.6. The lowest BCUT2D eigenvalue weighted by atomic mass is 9.54. The van der Waals surface area contributed by atoms with E-state index >= 15 is 0 Å². The molecule has 1 amide bonds. The number of amides is 1. The number of nitrogens with zero attached hydrogens (tertiary/aromatic N) is 1. The number of nitrogens with one attached hydrogen (secondary N) is 2. The fourth-order valence-corrected chi connectivity index (χ4v) is 6.07. The molecule has 2 aromatic heterocycles. The van der Waals surface area contributed by atoms with E-state index in [1.807, 2.05) is 23.6 Å². The molecule has 120 valence electrons. The van der Waals surface area contributed by atoms with E-state index < -0.39 is 0 Å². The van der Waals surface area contributed by atoms with Crippen LogP contribution in [0.5, 0.6) is 0 Å². The molecule has 4 bridgehead atoms. The van der Waals surface area contributed by atoms with E-state index in [9.17, 15) is 4.79 Å². The lowest BCUT2D eigenvalue weighted by Crippen LogP contribution is -2.55. The van der Waals surface area contributed by atoms with Crippen LogP contribution >= 0.6 is 11.3 Å². The van der Waals surface area contributed by atoms with Gasteiger partial charge < -0.3 is 5.32 Å². The molecular formula is C18H21N3OS. The van der Waals surface area contributed by atoms with Gasteiger partial charge >= 0.3 is 0 Å². The minimum atomic E-state index is -0.0125. The topological polar surface area (TPSA) is 57.8 Å². The quantitative estimate of drug-likeness (QED) is 0.903. The van der Waals surface area contributed by atoms with Crippen LogP contribution in [-0.4, -0.2) is 22.1 Å². The molecule has 4 aliphatic rings. The van der Waals surface area contributed by atoms with Crippen molar-refractivity contribution in [1.82, 2.24) is 15.5 Å². The van der Waals surface area contributed by atoms with Gasteiger partial charge in [-0.25, -0.2) is 0 Å². The normalized spacial score (nSPS) is 34.7. The summed E-state index contributed by atoms with van der Waals surface area (Å²) >= 11 is 1.65. The first-order chi connectivity index (χ1) is 11.3. The van der Waals surface area contributed by atoms with Crippen LogP contribution < -0.4 is 5.32 Å². The van der Waals surface area contributed by atoms with Crippen LogP contribution in [0, 0.1) is 23.7 Å². The van der Waals surface area contributed by atoms with Crippen LogP contribution in [0.3, 0.4) is 0 Å². The number of aromatic amines is 1. The summed E-state index contributed by atoms with van der Waals surface area (Å²) in [6.45, 7) is 0. The summed E-state index contributed by atoms with van der Waals surface area (Å²) in [5.74, 6) is 3.25. The number of rotatable bonds is 3. The van der Waals surface area contributed by atoms with Crippen LogP contribution in [0.4, 0.5) is 0 Å². The van der Waals surface area contributed by atoms with Crippen LogP contribution in [0.15, 0.2) is 23.6 Å². The maximum Gasteiger partial charge on any atom is 0.272 e. The highest BCUT2D eigenvalue weighted by Gasteiger charge is 2.48. The van der Waals surface area contributed by atoms with Crippen molar-refractivity contribution in [2.75, 3.05) is 0 Å². The standard InChI is InChI=1S/C18H21N3OS/c22-18(15-9-14(20-21-15)16-2-1-3-23-16)19-17-12-5-10-4-11(7-12)8-13(17)6-10/h1-3,9-13,17H,4-8H2,(H,19,22)(H,20,21). The SMILES string of the molecule is O=C(NC1C2CC3CC(C2)CC1C3)c1cc(-c2cccs2)[nH]n1. The van der Waals surface area contributed by atoms with Gasteiger partial charge in [0.15, 0.2) is 5.69 Å². The molecule has 4 fully saturated rings. The Kier molecular flexibility index (Phi) is 3.11. The largest absolute Gasteiger partial charge is 0.347 e. The summed E-state index contributed by atoms with van der Waals surface area (Å²) in [6.07, 6.45) is 6.72. The maximum absolute atomic E-state index is 12.6. The Hall–Kier alpha value is -1.62. The zero-order valence-electron chi connectivity index (χ0n) is 13.0. The molecule has 4 saturated carbocycles. The van der Waals surface area contributed by atoms with Crippen molar-refractivity contribution in [2.24, 2.45) is 23.7 Å². The fraction of sp³-hybridized carbons (Fsp3) is 0.556. The Morgan fingerprint density at radius 1 is 1.17 bits per heavy atom. The number of hydrogen-bond donors (Lipinski definition) is 2. The van der Waals surface area contributed by atoms with E-state index in [1.54, 1.807) is 11.3 Å². The van der Waals surface area contributed by atoms with Crippen LogP contribution in [0.2, 0.25) is 0 Å². The fourth-order valence-electron chi connectivity index (χ4n) is 5.38. The summed E-state index contributed by atoms with van der Waals surface area (Å²) in [7, 11) is 0. The molecule has 2 aromatic rings. The van der Waals surface area contributed by atoms with E-state index in [0.29, 0.717) is 23.6 Å². The van der Waals surface area contributed by atoms with Crippen LogP contribution in [0.25, 0.3) is 10.6 Å². The third-order valence-corrected chi connectivity index (χ3v) is 7.02. The lowest BCUT2D eigenvalue weighted by Gasteiger charge is -2.54. The van der Waals surface area contributed by atoms with E-state index in [4.69, 9.17) is 0 Å². The van der Waals surface area contributed by atoms with Crippen molar-refractivity contribution in [1.29, 1.82) is 0 Å². The first-order valence-corrected chi connectivity index (χ1v) is 9.54. The molecule has 2 N–H and O–H groups in total. The zero-order chi connectivity index (χ0) is 15.4. The Morgan fingerprint density at radius 2 is 1.91 bits per heavy atom. The average molecular weight is 327 g/mol. The first-order valence-electron chi connectivity index (χ1n) is 8.66. The van der Waals surface area contributed by atoms with E-state index in [-0.39, 0.29) is 5.91 Å². The number of H-pyrrole nitrogens is 1. The summed E-state index contributed by atoms with van der Waals surface area (Å²) in [4.78, 5) is 13.7. The van der Waals surface area contributed by atoms with Crippen molar-refractivity contribution in [3.8, 4) is 10.6 Å². The molecule has 5 heteroatoms. The van der Waals surface area contributed by atoms with Crippen LogP contribution in [0.1, 0.15) is 42.6 Å². The van der Waals surface area contributed by atoms with Gasteiger partial charge in [-0.2, -0.15) is 5.10 Å². The van der Waals surface area contributed by atoms with Gasteiger partial charge in [0, 0.05) is 6.04 Å². The van der Waals surface area contributed by atoms with Gasteiger partial charge in [-0.3, -0.25) is 9.89 Å². The lowest BCUT2D eigenvalue weighted by molar-refractivity contribution is -0.0120. The predicted molar refractivity (Wildman–Crippen MR) is 90.2 cm³/mol. The predicted octanol–water partition coefficient (Wildman–Crippen LogP) is 3.69. The molecule has 23 heavy (non-hydrogen) atoms. The van der Waals surface area contributed by atoms with Crippen molar-refractivity contribution in [3.63, 3.8) is 0 Å². The molecule has 0 radical (unpaired) electrons. The highest BCUT2D eigenvalue weighted by atomic mass is 32.1. The van der Waals surface area contributed by atoms with E-state index in [2.05, 4.69) is 15.5 Å². The van der Waals surface area contributed by atoms with Gasteiger partial charge in [-0.15, -0.1) is 11.3 Å². The van der Waals surface area contributed by atoms with Crippen LogP contribution in [-0.2, 0) is 0 Å². The second-order valence-corrected chi connectivity index (χ2v) is 8.52. The van der Waals surface area contributed by atoms with Gasteiger partial charge in [-0.1, -0.05) is 6.07 Å². The Labute approximate surface area is 139 Å². The number of thiophene rings is 1. The first kappa shape index (κ1) is 13.8. The minimum absolute atomic E-state index is 0.0125. The van der Waals surface area contributed by atoms with Crippen molar-refractivity contribution >= 4 is 17.2 Å². The highest BCUT2D eigenvalue weighted by molar-refractivity contribution is 7.13. The molecule has 0 aromatic carbocycles. The number of carbonyl (C=O) groups excluding carboxylic acids is 1. The molecule has 4 aliphatic carbocycles. The van der Waals surface area contributed by atoms with Gasteiger partial charge in [0.05, 0.1) is 10.6 Å². The second-order valence-electron chi connectivity index (χ2n) is 7.57. The molecular weight excluding hydrogens is 306 g/mol. The molecule has 0 atom stereocenters. The maximum atomic E-state index is 12.6. The number of aromatic nitrogens is 2. The molecule has 0 spiro atoms. The van der Waals surface area contributed by atoms with Crippen molar-refractivity contribution in [3.05, 3.63) is 29.3 Å². The van der Waals surface area contributed by atoms with Crippen molar-refractivity contribution < 1.29 is 4.79 Å². The summed E-state index contributed by atoms with van der Waals surface area (Å²) in [6, 6.07) is 6.29. The monoisotopic (exact) mass is 327 g/mol. The number of carbonyl (C=O) groups is 1. The molecule has 0 saturated heterocycles. The average Bonchev–Trinajstić information content (AvgIpc) is 3.20. The summed E-state index contributed by atoms with van der Waals surface area (Å²) in [5.41, 5.74) is 1.44. The minimum Gasteiger partial charge on any atom is -0.347 e. The van der Waals surface area contributed by atoms with E-state index in [0.717, 1.165) is 22.4 Å². The Bertz CT molecular complexity index is 692. The molecule has 0 aliphatic heterocycles. The molecule has 2 heterocycles. The van der Waals surface area contributed by atoms with Gasteiger partial charge in [0.25, 0.3) is 5.91 Å². The number of hydrogen-bond acceptors (Lipinski definition) is 3. The zero-order valence-corrected chi connectivity index (χ0v) is 13.8. The Balaban J connectivity index is 1.32. The highest BCUT2D eigenvalue weighted by Crippen LogP contribution is 2.53. The smallest absolute Gasteiger partial charge is 0.272 e. The molecule has 4 nitrogen and oxygen atoms in total. The third kappa shape index (κ3) is 2.33. The Morgan fingerprint density at radius 3 is 2.57 bits per heavy atom. The van der Waals surface area contributed by atoms with E-state index in [1.165, 1.54) is 32.1 Å². The summed E-state index contributed by atoms with van der Waals surface area (Å²) < 4.78 is 0. The van der Waals surface area contributed by atoms with Crippen molar-refractivity contribution in [2.45, 2.75) is 38.1 Å². The molecule has 6 rings (SSSR count). The third-order valence-electron chi connectivity index (χ3n) is 6.12. The van der Waals surface area contributed by atoms with Gasteiger partial charge in [0.2, 0.25) is 0 Å².